The van der Waals surface area contributed by atoms with E-state index in [1.165, 1.54) is 48.9 Å². The summed E-state index contributed by atoms with van der Waals surface area (Å²) in [6.45, 7) is 4.33. The van der Waals surface area contributed by atoms with E-state index in [-0.39, 0.29) is 0 Å². The Hall–Kier alpha value is -6.26. The fraction of sp³-hybridized carbons (Fsp3) is 0.0233. The molecule has 0 aliphatic carbocycles. The van der Waals surface area contributed by atoms with Gasteiger partial charge < -0.3 is 8.97 Å². The largest absolute Gasteiger partial charge is 0.320 e. The van der Waals surface area contributed by atoms with Crippen LogP contribution in [-0.4, -0.2) is 21.4 Å². The maximum Gasteiger partial charge on any atom is 0.115 e. The number of aromatic nitrogens is 2. The Morgan fingerprint density at radius 3 is 1.77 bits per heavy atom. The Bertz CT molecular complexity index is 2710. The van der Waals surface area contributed by atoms with Crippen molar-refractivity contribution in [1.29, 1.82) is 0 Å². The molecule has 4 nitrogen and oxygen atoms in total. The van der Waals surface area contributed by atoms with Crippen LogP contribution in [0.4, 0.5) is 0 Å². The third kappa shape index (κ3) is 4.38. The SMILES string of the molecule is C=N/C(=C\C(=N/Cn1c2ccccc2c2cc3c(cc21)cc1c2ccccc2c2ccccc2n31)c1ccccc1)c1ccccc1. The summed E-state index contributed by atoms with van der Waals surface area (Å²) in [6.07, 6.45) is 2.04. The number of hydrogen-bond acceptors (Lipinski definition) is 2. The summed E-state index contributed by atoms with van der Waals surface area (Å²) in [7, 11) is 0. The molecule has 0 saturated heterocycles. The van der Waals surface area contributed by atoms with Crippen molar-refractivity contribution >= 4 is 78.0 Å². The van der Waals surface area contributed by atoms with E-state index in [9.17, 15) is 0 Å². The van der Waals surface area contributed by atoms with Gasteiger partial charge in [0, 0.05) is 32.5 Å². The number of nitrogens with zero attached hydrogens (tertiary/aromatic N) is 4. The Labute approximate surface area is 271 Å². The van der Waals surface area contributed by atoms with Gasteiger partial charge in [0.15, 0.2) is 0 Å². The van der Waals surface area contributed by atoms with Crippen LogP contribution in [-0.2, 0) is 6.67 Å². The summed E-state index contributed by atoms with van der Waals surface area (Å²) in [5.74, 6) is 0. The molecule has 0 atom stereocenters. The van der Waals surface area contributed by atoms with Gasteiger partial charge in [-0.25, -0.2) is 0 Å². The maximum absolute atomic E-state index is 5.26. The molecule has 6 aromatic carbocycles. The monoisotopic (exact) mass is 602 g/mol. The van der Waals surface area contributed by atoms with Crippen LogP contribution in [0.25, 0.3) is 65.6 Å². The summed E-state index contributed by atoms with van der Waals surface area (Å²) in [4.78, 5) is 9.65. The molecule has 0 bridgehead atoms. The summed E-state index contributed by atoms with van der Waals surface area (Å²) in [5, 5.41) is 7.43. The number of pyridine rings is 1. The summed E-state index contributed by atoms with van der Waals surface area (Å²) < 4.78 is 4.77. The van der Waals surface area contributed by atoms with Crippen LogP contribution in [0.2, 0.25) is 0 Å². The normalized spacial score (nSPS) is 12.7. The van der Waals surface area contributed by atoms with E-state index in [4.69, 9.17) is 4.99 Å². The van der Waals surface area contributed by atoms with E-state index < -0.39 is 0 Å². The van der Waals surface area contributed by atoms with Gasteiger partial charge in [0.1, 0.15) is 6.67 Å². The Morgan fingerprint density at radius 1 is 0.511 bits per heavy atom. The molecule has 0 radical (unpaired) electrons. The number of aliphatic imine (C=N–C) groups is 2. The second kappa shape index (κ2) is 11.0. The predicted octanol–water partition coefficient (Wildman–Crippen LogP) is 10.7. The van der Waals surface area contributed by atoms with Crippen LogP contribution in [0, 0.1) is 0 Å². The summed E-state index contributed by atoms with van der Waals surface area (Å²) in [5.41, 5.74) is 9.65. The molecule has 0 N–H and O–H groups in total. The highest BCUT2D eigenvalue weighted by atomic mass is 15.1. The van der Waals surface area contributed by atoms with Gasteiger partial charge in [0.25, 0.3) is 0 Å². The molecule has 0 aliphatic rings. The molecular weight excluding hydrogens is 573 g/mol. The van der Waals surface area contributed by atoms with E-state index in [1.54, 1.807) is 0 Å². The number of rotatable bonds is 6. The van der Waals surface area contributed by atoms with Crippen LogP contribution in [0.3, 0.4) is 0 Å². The molecule has 0 spiro atoms. The highest BCUT2D eigenvalue weighted by molar-refractivity contribution is 6.18. The third-order valence-electron chi connectivity index (χ3n) is 9.30. The van der Waals surface area contributed by atoms with E-state index in [0.717, 1.165) is 33.6 Å². The molecule has 3 heterocycles. The molecule has 9 aromatic rings. The van der Waals surface area contributed by atoms with E-state index in [2.05, 4.69) is 136 Å². The van der Waals surface area contributed by atoms with Crippen LogP contribution in [0.1, 0.15) is 11.1 Å². The molecule has 0 amide bonds. The van der Waals surface area contributed by atoms with Crippen molar-refractivity contribution in [1.82, 2.24) is 8.97 Å². The minimum Gasteiger partial charge on any atom is -0.320 e. The van der Waals surface area contributed by atoms with Crippen LogP contribution in [0.5, 0.6) is 0 Å². The zero-order chi connectivity index (χ0) is 31.3. The lowest BCUT2D eigenvalue weighted by atomic mass is 10.1. The van der Waals surface area contributed by atoms with Gasteiger partial charge in [-0.15, -0.1) is 0 Å². The Balaban J connectivity index is 1.28. The number of para-hydroxylation sites is 2. The molecule has 0 saturated carbocycles. The molecule has 0 fully saturated rings. The summed E-state index contributed by atoms with van der Waals surface area (Å²) in [6, 6.07) is 53.6. The van der Waals surface area contributed by atoms with Crippen molar-refractivity contribution in [3.05, 3.63) is 169 Å². The van der Waals surface area contributed by atoms with Crippen molar-refractivity contribution in [3.8, 4) is 0 Å². The second-order valence-electron chi connectivity index (χ2n) is 11.9. The zero-order valence-electron chi connectivity index (χ0n) is 25.7. The van der Waals surface area contributed by atoms with Gasteiger partial charge >= 0.3 is 0 Å². The van der Waals surface area contributed by atoms with Crippen LogP contribution < -0.4 is 0 Å². The zero-order valence-corrected chi connectivity index (χ0v) is 25.7. The molecule has 222 valence electrons. The van der Waals surface area contributed by atoms with Gasteiger partial charge in [0.2, 0.25) is 0 Å². The first-order valence-corrected chi connectivity index (χ1v) is 15.9. The van der Waals surface area contributed by atoms with Gasteiger partial charge in [-0.05, 0) is 54.1 Å². The molecular formula is C43H30N4. The minimum atomic E-state index is 0.453. The van der Waals surface area contributed by atoms with Crippen molar-refractivity contribution in [2.45, 2.75) is 6.67 Å². The van der Waals surface area contributed by atoms with Crippen molar-refractivity contribution in [2.24, 2.45) is 9.98 Å². The fourth-order valence-electron chi connectivity index (χ4n) is 7.13. The maximum atomic E-state index is 5.26. The molecule has 3 aromatic heterocycles. The lowest BCUT2D eigenvalue weighted by molar-refractivity contribution is 0.794. The number of benzene rings is 6. The predicted molar refractivity (Wildman–Crippen MR) is 200 cm³/mol. The van der Waals surface area contributed by atoms with Gasteiger partial charge in [0.05, 0.1) is 39.0 Å². The summed E-state index contributed by atoms with van der Waals surface area (Å²) >= 11 is 0. The van der Waals surface area contributed by atoms with Crippen molar-refractivity contribution in [2.75, 3.05) is 0 Å². The number of fused-ring (bicyclic) bond motifs is 11. The molecule has 47 heavy (non-hydrogen) atoms. The minimum absolute atomic E-state index is 0.453. The van der Waals surface area contributed by atoms with Gasteiger partial charge in [-0.1, -0.05) is 121 Å². The topological polar surface area (TPSA) is 34.1 Å². The first-order valence-electron chi connectivity index (χ1n) is 15.9. The van der Waals surface area contributed by atoms with E-state index in [1.807, 2.05) is 42.5 Å². The number of hydrogen-bond donors (Lipinski definition) is 0. The number of allylic oxidation sites excluding steroid dienone is 1. The first kappa shape index (κ1) is 27.1. The quantitative estimate of drug-likeness (QED) is 0.134. The average molecular weight is 603 g/mol. The molecule has 0 unspecified atom stereocenters. The van der Waals surface area contributed by atoms with Gasteiger partial charge in [-0.2, -0.15) is 0 Å². The van der Waals surface area contributed by atoms with Crippen LogP contribution in [0.15, 0.2) is 168 Å². The highest BCUT2D eigenvalue weighted by Gasteiger charge is 2.17. The van der Waals surface area contributed by atoms with Crippen molar-refractivity contribution < 1.29 is 0 Å². The molecule has 4 heteroatoms. The Kier molecular flexibility index (Phi) is 6.32. The third-order valence-corrected chi connectivity index (χ3v) is 9.30. The Morgan fingerprint density at radius 2 is 1.06 bits per heavy atom. The molecule has 9 rings (SSSR count). The lowest BCUT2D eigenvalue weighted by Gasteiger charge is -2.10. The van der Waals surface area contributed by atoms with Crippen LogP contribution >= 0.6 is 0 Å². The smallest absolute Gasteiger partial charge is 0.115 e. The lowest BCUT2D eigenvalue weighted by Crippen LogP contribution is -2.03. The van der Waals surface area contributed by atoms with E-state index in [0.29, 0.717) is 6.67 Å². The standard InChI is InChI=1S/C43H30N4/c1-44-37(29-14-4-2-5-15-29)27-38(30-16-6-3-7-17-30)45-28-46-39-22-12-10-21-35(39)36-26-41-31(24-42(36)46)25-43-34-20-9-8-18-32(34)33-19-11-13-23-40(33)47(41)43/h2-27H,1,28H2/b37-27-,45-38+. The second-order valence-corrected chi connectivity index (χ2v) is 11.9. The first-order chi connectivity index (χ1) is 23.3. The highest BCUT2D eigenvalue weighted by Crippen LogP contribution is 2.38. The van der Waals surface area contributed by atoms with Gasteiger partial charge in [-0.3, -0.25) is 9.98 Å². The van der Waals surface area contributed by atoms with E-state index >= 15 is 0 Å². The van der Waals surface area contributed by atoms with Crippen molar-refractivity contribution in [3.63, 3.8) is 0 Å². The average Bonchev–Trinajstić information content (AvgIpc) is 3.67. The molecule has 0 aliphatic heterocycles. The fourth-order valence-corrected chi connectivity index (χ4v) is 7.13.